The molecule has 1 aliphatic heterocycles. The third kappa shape index (κ3) is 4.16. The van der Waals surface area contributed by atoms with Crippen molar-refractivity contribution in [3.05, 3.63) is 59.1 Å². The monoisotopic (exact) mass is 414 g/mol. The maximum atomic E-state index is 13.8. The number of aromatic nitrogens is 2. The number of pyridine rings is 2. The summed E-state index contributed by atoms with van der Waals surface area (Å²) in [7, 11) is 0. The molecule has 2 aromatic heterocycles. The number of hydrogen-bond donors (Lipinski definition) is 1. The second-order valence-corrected chi connectivity index (χ2v) is 7.30. The fourth-order valence-corrected chi connectivity index (χ4v) is 3.49. The molecule has 0 saturated heterocycles. The smallest absolute Gasteiger partial charge is 0.269 e. The predicted molar refractivity (Wildman–Crippen MR) is 110 cm³/mol. The van der Waals surface area contributed by atoms with E-state index in [1.807, 2.05) is 17.9 Å². The van der Waals surface area contributed by atoms with Gasteiger partial charge in [-0.25, -0.2) is 9.37 Å². The fraction of sp³-hybridized carbons (Fsp3) is 0.286. The predicted octanol–water partition coefficient (Wildman–Crippen LogP) is 4.10. The highest BCUT2D eigenvalue weighted by molar-refractivity contribution is 6.31. The summed E-state index contributed by atoms with van der Waals surface area (Å²) in [4.78, 5) is 23.4. The number of fused-ring (bicyclic) bond motifs is 1. The minimum atomic E-state index is -0.484. The Balaban J connectivity index is 1.89. The van der Waals surface area contributed by atoms with Crippen molar-refractivity contribution in [2.75, 3.05) is 24.6 Å². The molecule has 4 rings (SSSR count). The van der Waals surface area contributed by atoms with Gasteiger partial charge >= 0.3 is 0 Å². The number of rotatable bonds is 1. The Labute approximate surface area is 172 Å². The number of halogens is 2. The zero-order valence-electron chi connectivity index (χ0n) is 15.9. The molecule has 0 spiro atoms. The van der Waals surface area contributed by atoms with Crippen LogP contribution in [0.3, 0.4) is 0 Å². The van der Waals surface area contributed by atoms with Crippen LogP contribution >= 0.6 is 11.6 Å². The van der Waals surface area contributed by atoms with E-state index in [-0.39, 0.29) is 17.0 Å². The molecule has 1 atom stereocenters. The number of nitrogens with zero attached hydrogens (tertiary/aromatic N) is 3. The van der Waals surface area contributed by atoms with E-state index in [9.17, 15) is 9.18 Å². The number of carbonyl (C=O) groups is 1. The first kappa shape index (κ1) is 19.5. The molecule has 0 fully saturated rings. The van der Waals surface area contributed by atoms with Crippen molar-refractivity contribution in [2.45, 2.75) is 19.4 Å². The molecule has 3 aromatic rings. The second kappa shape index (κ2) is 8.31. The van der Waals surface area contributed by atoms with Crippen LogP contribution in [-0.4, -0.2) is 41.7 Å². The van der Waals surface area contributed by atoms with E-state index < -0.39 is 5.82 Å². The van der Waals surface area contributed by atoms with Gasteiger partial charge in [-0.05, 0) is 49.7 Å². The van der Waals surface area contributed by atoms with Crippen LogP contribution in [0.5, 0.6) is 0 Å². The minimum absolute atomic E-state index is 0.0328. The van der Waals surface area contributed by atoms with Gasteiger partial charge in [0, 0.05) is 31.6 Å². The molecule has 1 N–H and O–H groups in total. The summed E-state index contributed by atoms with van der Waals surface area (Å²) in [5.41, 5.74) is 2.98. The lowest BCUT2D eigenvalue weighted by molar-refractivity contribution is 0.0694. The number of nitrogens with one attached hydrogen (secondary N) is 1. The molecule has 1 aromatic carbocycles. The summed E-state index contributed by atoms with van der Waals surface area (Å²) in [6.45, 7) is 3.48. The Morgan fingerprint density at radius 3 is 2.97 bits per heavy atom. The average Bonchev–Trinajstić information content (AvgIpc) is 2.73. The van der Waals surface area contributed by atoms with Crippen molar-refractivity contribution < 1.29 is 13.9 Å². The molecule has 150 valence electrons. The Morgan fingerprint density at radius 1 is 1.28 bits per heavy atom. The third-order valence-electron chi connectivity index (χ3n) is 4.75. The van der Waals surface area contributed by atoms with Gasteiger partial charge in [-0.3, -0.25) is 9.78 Å². The lowest BCUT2D eigenvalue weighted by Gasteiger charge is -2.29. The summed E-state index contributed by atoms with van der Waals surface area (Å²) >= 11 is 6.04. The van der Waals surface area contributed by atoms with Crippen molar-refractivity contribution >= 4 is 39.9 Å². The summed E-state index contributed by atoms with van der Waals surface area (Å²) in [6.07, 6.45) is 2.25. The maximum Gasteiger partial charge on any atom is 0.269 e. The van der Waals surface area contributed by atoms with Gasteiger partial charge in [0.1, 0.15) is 17.0 Å². The zero-order valence-corrected chi connectivity index (χ0v) is 16.6. The molecule has 1 amide bonds. The van der Waals surface area contributed by atoms with Crippen molar-refractivity contribution in [3.63, 3.8) is 0 Å². The molecule has 0 aliphatic carbocycles. The van der Waals surface area contributed by atoms with E-state index in [0.717, 1.165) is 5.69 Å². The molecule has 8 heteroatoms. The first-order valence-electron chi connectivity index (χ1n) is 9.41. The van der Waals surface area contributed by atoms with Crippen molar-refractivity contribution in [3.8, 4) is 0 Å². The molecule has 0 radical (unpaired) electrons. The van der Waals surface area contributed by atoms with E-state index in [1.165, 1.54) is 6.07 Å². The molecule has 6 nitrogen and oxygen atoms in total. The van der Waals surface area contributed by atoms with Gasteiger partial charge in [0.15, 0.2) is 0 Å². The summed E-state index contributed by atoms with van der Waals surface area (Å²) in [5, 5.41) is 2.89. The van der Waals surface area contributed by atoms with Crippen LogP contribution in [0.2, 0.25) is 5.02 Å². The molecule has 1 aliphatic rings. The zero-order chi connectivity index (χ0) is 20.4. The maximum absolute atomic E-state index is 13.8. The number of hydrogen-bond acceptors (Lipinski definition) is 5. The molecule has 0 saturated carbocycles. The van der Waals surface area contributed by atoms with Crippen molar-refractivity contribution in [2.24, 2.45) is 0 Å². The van der Waals surface area contributed by atoms with Crippen LogP contribution in [-0.2, 0) is 4.74 Å². The van der Waals surface area contributed by atoms with Crippen LogP contribution in [0.25, 0.3) is 11.0 Å². The molecule has 29 heavy (non-hydrogen) atoms. The van der Waals surface area contributed by atoms with Gasteiger partial charge in [0.25, 0.3) is 5.91 Å². The summed E-state index contributed by atoms with van der Waals surface area (Å²) in [5.74, 6) is -0.729. The number of ether oxygens (including phenoxy) is 1. The molecule has 2 bridgehead atoms. The van der Waals surface area contributed by atoms with Crippen LogP contribution in [0.1, 0.15) is 23.8 Å². The van der Waals surface area contributed by atoms with Gasteiger partial charge in [-0.2, -0.15) is 0 Å². The van der Waals surface area contributed by atoms with E-state index in [4.69, 9.17) is 16.3 Å². The van der Waals surface area contributed by atoms with E-state index >= 15 is 0 Å². The fourth-order valence-electron chi connectivity index (χ4n) is 3.31. The van der Waals surface area contributed by atoms with Gasteiger partial charge < -0.3 is 15.0 Å². The summed E-state index contributed by atoms with van der Waals surface area (Å²) < 4.78 is 19.7. The Bertz CT molecular complexity index is 1060. The first-order valence-corrected chi connectivity index (χ1v) is 9.79. The van der Waals surface area contributed by atoms with Gasteiger partial charge in [0.05, 0.1) is 22.3 Å². The molecular weight excluding hydrogens is 395 g/mol. The quantitative estimate of drug-likeness (QED) is 0.649. The van der Waals surface area contributed by atoms with Gasteiger partial charge in [-0.15, -0.1) is 0 Å². The first-order chi connectivity index (χ1) is 14.0. The standard InChI is InChI=1S/C21H20ClFN4O2/c1-13-12-27(14-3-4-16(23)15(22)11-14)19-7-9-24-17-5-6-18(26-20(17)19)21(28)25-8-2-10-29-13/h3-7,9,11,13H,2,8,10,12H2,1H3,(H,25,28)/t13-/m1/s1. The average molecular weight is 415 g/mol. The van der Waals surface area contributed by atoms with Crippen molar-refractivity contribution in [1.82, 2.24) is 15.3 Å². The van der Waals surface area contributed by atoms with Crippen LogP contribution in [0, 0.1) is 5.82 Å². The molecular formula is C21H20ClFN4O2. The van der Waals surface area contributed by atoms with E-state index in [1.54, 1.807) is 30.5 Å². The highest BCUT2D eigenvalue weighted by atomic mass is 35.5. The minimum Gasteiger partial charge on any atom is -0.377 e. The third-order valence-corrected chi connectivity index (χ3v) is 5.04. The highest BCUT2D eigenvalue weighted by Gasteiger charge is 2.20. The number of benzene rings is 1. The largest absolute Gasteiger partial charge is 0.377 e. The SMILES string of the molecule is C[C@@H]1CN(c2ccc(F)c(Cl)c2)c2ccnc3ccc(nc23)C(=O)NCCCO1. The van der Waals surface area contributed by atoms with Gasteiger partial charge in [0.2, 0.25) is 0 Å². The lowest BCUT2D eigenvalue weighted by atomic mass is 10.2. The Hall–Kier alpha value is -2.77. The van der Waals surface area contributed by atoms with Gasteiger partial charge in [-0.1, -0.05) is 11.6 Å². The Morgan fingerprint density at radius 2 is 2.14 bits per heavy atom. The highest BCUT2D eigenvalue weighted by Crippen LogP contribution is 2.33. The van der Waals surface area contributed by atoms with Crippen LogP contribution in [0.4, 0.5) is 15.8 Å². The molecule has 3 heterocycles. The van der Waals surface area contributed by atoms with Crippen LogP contribution in [0.15, 0.2) is 42.6 Å². The number of amides is 1. The lowest BCUT2D eigenvalue weighted by Crippen LogP contribution is -2.30. The van der Waals surface area contributed by atoms with E-state index in [2.05, 4.69) is 15.3 Å². The van der Waals surface area contributed by atoms with E-state index in [0.29, 0.717) is 48.5 Å². The van der Waals surface area contributed by atoms with Crippen molar-refractivity contribution in [1.29, 1.82) is 0 Å². The molecule has 0 unspecified atom stereocenters. The second-order valence-electron chi connectivity index (χ2n) is 6.89. The van der Waals surface area contributed by atoms with Crippen LogP contribution < -0.4 is 10.2 Å². The number of carbonyl (C=O) groups excluding carboxylic acids is 1. The number of anilines is 2. The summed E-state index contributed by atoms with van der Waals surface area (Å²) in [6, 6.07) is 9.82. The topological polar surface area (TPSA) is 67.4 Å². The normalized spacial score (nSPS) is 18.1. The Kier molecular flexibility index (Phi) is 5.60.